The van der Waals surface area contributed by atoms with Gasteiger partial charge in [-0.3, -0.25) is 0 Å². The number of anilines is 1. The molecule has 0 aromatic carbocycles. The highest BCUT2D eigenvalue weighted by Crippen LogP contribution is 2.21. The zero-order valence-corrected chi connectivity index (χ0v) is 7.66. The maximum atomic E-state index is 8.69. The number of rotatable bonds is 1. The van der Waals surface area contributed by atoms with E-state index in [0.29, 0.717) is 12.1 Å². The molecular formula is C9H7N3S. The Balaban J connectivity index is 2.19. The highest BCUT2D eigenvalue weighted by Gasteiger charge is 2.10. The van der Waals surface area contributed by atoms with Crippen LogP contribution in [0.3, 0.4) is 0 Å². The molecular weight excluding hydrogens is 182 g/mol. The van der Waals surface area contributed by atoms with Gasteiger partial charge in [0.1, 0.15) is 0 Å². The van der Waals surface area contributed by atoms with Gasteiger partial charge in [-0.25, -0.2) is 4.99 Å². The summed E-state index contributed by atoms with van der Waals surface area (Å²) in [5.74, 6) is 0. The molecule has 0 aliphatic carbocycles. The first-order valence-electron chi connectivity index (χ1n) is 3.83. The van der Waals surface area contributed by atoms with E-state index in [1.54, 1.807) is 23.9 Å². The molecule has 0 radical (unpaired) electrons. The van der Waals surface area contributed by atoms with Gasteiger partial charge in [-0.15, -0.1) is 11.3 Å². The van der Waals surface area contributed by atoms with Gasteiger partial charge < -0.3 is 4.90 Å². The molecule has 0 saturated heterocycles. The topological polar surface area (TPSA) is 39.4 Å². The molecule has 0 bridgehead atoms. The summed E-state index contributed by atoms with van der Waals surface area (Å²) < 4.78 is 0. The Labute approximate surface area is 80.2 Å². The first kappa shape index (κ1) is 8.02. The highest BCUT2D eigenvalue weighted by molar-refractivity contribution is 7.14. The van der Waals surface area contributed by atoms with Gasteiger partial charge in [0.2, 0.25) is 0 Å². The number of thiophene rings is 1. The lowest BCUT2D eigenvalue weighted by Gasteiger charge is -2.18. The number of aliphatic imine (C=N–C) groups is 1. The molecule has 2 heterocycles. The van der Waals surface area contributed by atoms with E-state index in [4.69, 9.17) is 5.26 Å². The second-order valence-corrected chi connectivity index (χ2v) is 3.54. The minimum Gasteiger partial charge on any atom is -0.319 e. The van der Waals surface area contributed by atoms with Crippen molar-refractivity contribution >= 4 is 22.7 Å². The Hall–Kier alpha value is -1.60. The molecule has 0 spiro atoms. The van der Waals surface area contributed by atoms with Gasteiger partial charge in [0, 0.05) is 6.20 Å². The molecule has 64 valence electrons. The number of nitrogens with zero attached hydrogens (tertiary/aromatic N) is 3. The van der Waals surface area contributed by atoms with Gasteiger partial charge in [-0.05, 0) is 17.5 Å². The van der Waals surface area contributed by atoms with Crippen LogP contribution in [0.4, 0.5) is 5.00 Å². The van der Waals surface area contributed by atoms with Crippen LogP contribution in [0.2, 0.25) is 0 Å². The van der Waals surface area contributed by atoms with E-state index in [-0.39, 0.29) is 0 Å². The smallest absolute Gasteiger partial charge is 0.0982 e. The summed E-state index contributed by atoms with van der Waals surface area (Å²) in [6.07, 6.45) is 3.34. The lowest BCUT2D eigenvalue weighted by atomic mass is 10.3. The fraction of sp³-hybridized carbons (Fsp3) is 0.111. The standard InChI is InChI=1S/C9H7N3S/c10-4-8-5-11-7-12(6-8)9-2-1-3-13-9/h1-3,5,7H,6H2. The number of hydrogen-bond donors (Lipinski definition) is 0. The van der Waals surface area contributed by atoms with Crippen LogP contribution in [-0.4, -0.2) is 12.9 Å². The van der Waals surface area contributed by atoms with Crippen LogP contribution in [0.15, 0.2) is 34.3 Å². The lowest BCUT2D eigenvalue weighted by molar-refractivity contribution is 1.10. The first-order chi connectivity index (χ1) is 6.40. The predicted molar refractivity (Wildman–Crippen MR) is 53.9 cm³/mol. The van der Waals surface area contributed by atoms with Crippen LogP contribution in [0, 0.1) is 11.3 Å². The van der Waals surface area contributed by atoms with Crippen LogP contribution in [-0.2, 0) is 0 Å². The molecule has 0 N–H and O–H groups in total. The first-order valence-corrected chi connectivity index (χ1v) is 4.71. The molecule has 2 rings (SSSR count). The van der Waals surface area contributed by atoms with Crippen LogP contribution in [0.5, 0.6) is 0 Å². The quantitative estimate of drug-likeness (QED) is 0.677. The maximum Gasteiger partial charge on any atom is 0.0982 e. The SMILES string of the molecule is N#CC1=CN=CN(c2cccs2)C1. The molecule has 13 heavy (non-hydrogen) atoms. The van der Waals surface area contributed by atoms with E-state index < -0.39 is 0 Å². The van der Waals surface area contributed by atoms with Gasteiger partial charge in [0.05, 0.1) is 29.5 Å². The lowest BCUT2D eigenvalue weighted by Crippen LogP contribution is -2.24. The zero-order valence-electron chi connectivity index (χ0n) is 6.84. The summed E-state index contributed by atoms with van der Waals surface area (Å²) in [6, 6.07) is 6.10. The third-order valence-corrected chi connectivity index (χ3v) is 2.62. The van der Waals surface area contributed by atoms with Crippen molar-refractivity contribution in [2.24, 2.45) is 4.99 Å². The average molecular weight is 189 g/mol. The minimum atomic E-state index is 0.626. The molecule has 4 heteroatoms. The van der Waals surface area contributed by atoms with Crippen molar-refractivity contribution in [3.05, 3.63) is 29.3 Å². The van der Waals surface area contributed by atoms with Gasteiger partial charge in [-0.1, -0.05) is 0 Å². The monoisotopic (exact) mass is 189 g/mol. The minimum absolute atomic E-state index is 0.626. The summed E-state index contributed by atoms with van der Waals surface area (Å²) >= 11 is 1.64. The van der Waals surface area contributed by atoms with E-state index in [2.05, 4.69) is 11.1 Å². The van der Waals surface area contributed by atoms with Crippen LogP contribution >= 0.6 is 11.3 Å². The van der Waals surface area contributed by atoms with Crippen molar-refractivity contribution in [2.45, 2.75) is 0 Å². The Morgan fingerprint density at radius 1 is 1.62 bits per heavy atom. The van der Waals surface area contributed by atoms with Crippen LogP contribution < -0.4 is 4.90 Å². The van der Waals surface area contributed by atoms with Crippen molar-refractivity contribution in [3.63, 3.8) is 0 Å². The van der Waals surface area contributed by atoms with Crippen molar-refractivity contribution in [2.75, 3.05) is 11.4 Å². The van der Waals surface area contributed by atoms with Crippen molar-refractivity contribution in [1.29, 1.82) is 5.26 Å². The second-order valence-electron chi connectivity index (χ2n) is 2.61. The maximum absolute atomic E-state index is 8.69. The van der Waals surface area contributed by atoms with Gasteiger partial charge >= 0.3 is 0 Å². The third kappa shape index (κ3) is 1.60. The van der Waals surface area contributed by atoms with E-state index in [1.165, 1.54) is 0 Å². The van der Waals surface area contributed by atoms with Crippen LogP contribution in [0.1, 0.15) is 0 Å². The van der Waals surface area contributed by atoms with Crippen molar-refractivity contribution in [3.8, 4) is 6.07 Å². The van der Waals surface area contributed by atoms with Crippen molar-refractivity contribution in [1.82, 2.24) is 0 Å². The van der Waals surface area contributed by atoms with Crippen LogP contribution in [0.25, 0.3) is 0 Å². The molecule has 0 atom stereocenters. The largest absolute Gasteiger partial charge is 0.319 e. The predicted octanol–water partition coefficient (Wildman–Crippen LogP) is 2.00. The van der Waals surface area contributed by atoms with E-state index in [1.807, 2.05) is 22.4 Å². The molecule has 0 unspecified atom stereocenters. The van der Waals surface area contributed by atoms with Gasteiger partial charge in [-0.2, -0.15) is 5.26 Å². The Morgan fingerprint density at radius 3 is 3.23 bits per heavy atom. The normalized spacial score (nSPS) is 15.3. The summed E-state index contributed by atoms with van der Waals surface area (Å²) in [5.41, 5.74) is 0.691. The fourth-order valence-corrected chi connectivity index (χ4v) is 1.80. The van der Waals surface area contributed by atoms with E-state index >= 15 is 0 Å². The molecule has 1 aromatic heterocycles. The van der Waals surface area contributed by atoms with Gasteiger partial charge in [0.25, 0.3) is 0 Å². The Morgan fingerprint density at radius 2 is 2.54 bits per heavy atom. The van der Waals surface area contributed by atoms with E-state index in [0.717, 1.165) is 5.00 Å². The Kier molecular flexibility index (Phi) is 2.11. The number of nitriles is 1. The number of hydrogen-bond acceptors (Lipinski definition) is 4. The summed E-state index contributed by atoms with van der Waals surface area (Å²) in [6.45, 7) is 0.626. The summed E-state index contributed by atoms with van der Waals surface area (Å²) in [5, 5.41) is 11.8. The molecule has 1 aliphatic heterocycles. The zero-order chi connectivity index (χ0) is 9.10. The fourth-order valence-electron chi connectivity index (χ4n) is 1.10. The molecule has 3 nitrogen and oxygen atoms in total. The van der Waals surface area contributed by atoms with E-state index in [9.17, 15) is 0 Å². The molecule has 0 fully saturated rings. The molecule has 0 saturated carbocycles. The van der Waals surface area contributed by atoms with Crippen molar-refractivity contribution < 1.29 is 0 Å². The molecule has 1 aromatic rings. The third-order valence-electron chi connectivity index (χ3n) is 1.71. The Bertz CT molecular complexity index is 383. The average Bonchev–Trinajstić information content (AvgIpc) is 2.71. The molecule has 0 amide bonds. The molecule has 1 aliphatic rings. The van der Waals surface area contributed by atoms with Gasteiger partial charge in [0.15, 0.2) is 0 Å². The summed E-state index contributed by atoms with van der Waals surface area (Å²) in [4.78, 5) is 5.95. The highest BCUT2D eigenvalue weighted by atomic mass is 32.1. The second kappa shape index (κ2) is 3.42. The summed E-state index contributed by atoms with van der Waals surface area (Å²) in [7, 11) is 0.